The molecule has 3 aromatic rings. The topological polar surface area (TPSA) is 49.4 Å². The average molecular weight is 383 g/mol. The molecule has 4 rings (SSSR count). The highest BCUT2D eigenvalue weighted by Gasteiger charge is 2.34. The van der Waals surface area contributed by atoms with E-state index >= 15 is 0 Å². The van der Waals surface area contributed by atoms with Gasteiger partial charge in [-0.25, -0.2) is 0 Å². The van der Waals surface area contributed by atoms with Gasteiger partial charge in [-0.15, -0.1) is 11.3 Å². The molecule has 0 bridgehead atoms. The normalized spacial score (nSPS) is 16.6. The molecule has 130 valence electrons. The Morgan fingerprint density at radius 3 is 2.65 bits per heavy atom. The molecule has 1 N–H and O–H groups in total. The predicted octanol–water partition coefficient (Wildman–Crippen LogP) is 4.59. The first kappa shape index (κ1) is 16.8. The Balaban J connectivity index is 1.90. The predicted molar refractivity (Wildman–Crippen MR) is 104 cm³/mol. The number of halogens is 1. The third-order valence-corrected chi connectivity index (χ3v) is 5.41. The number of fused-ring (bicyclic) bond motifs is 1. The van der Waals surface area contributed by atoms with Gasteiger partial charge in [0.05, 0.1) is 10.9 Å². The van der Waals surface area contributed by atoms with Gasteiger partial charge in [0.2, 0.25) is 5.91 Å². The maximum absolute atomic E-state index is 13.2. The highest BCUT2D eigenvalue weighted by molar-refractivity contribution is 7.12. The van der Waals surface area contributed by atoms with E-state index in [0.29, 0.717) is 15.6 Å². The van der Waals surface area contributed by atoms with Gasteiger partial charge in [-0.3, -0.25) is 9.59 Å². The minimum Gasteiger partial charge on any atom is -0.324 e. The molecular formula is C20H15ClN2O2S. The second-order valence-electron chi connectivity index (χ2n) is 6.00. The van der Waals surface area contributed by atoms with Crippen molar-refractivity contribution in [3.8, 4) is 0 Å². The second kappa shape index (κ2) is 6.94. The minimum absolute atomic E-state index is 0.0252. The minimum atomic E-state index is -0.404. The van der Waals surface area contributed by atoms with Crippen LogP contribution in [0.5, 0.6) is 0 Å². The summed E-state index contributed by atoms with van der Waals surface area (Å²) in [5, 5.41) is 5.31. The van der Waals surface area contributed by atoms with Gasteiger partial charge in [-0.1, -0.05) is 48.0 Å². The van der Waals surface area contributed by atoms with Gasteiger partial charge in [0.25, 0.3) is 5.91 Å². The quantitative estimate of drug-likeness (QED) is 0.705. The van der Waals surface area contributed by atoms with E-state index in [2.05, 4.69) is 5.32 Å². The fraction of sp³-hybridized carbons (Fsp3) is 0.100. The standard InChI is InChI=1S/C20H15ClN2O2S/c21-14-8-9-16-15(11-14)19(13-5-2-1-3-6-13)23(12-18(24)22-16)20(25)17-7-4-10-26-17/h1-11,19H,12H2,(H,22,24)/t19-/m1/s1. The summed E-state index contributed by atoms with van der Waals surface area (Å²) >= 11 is 7.60. The molecule has 0 aliphatic carbocycles. The summed E-state index contributed by atoms with van der Waals surface area (Å²) < 4.78 is 0. The van der Waals surface area contributed by atoms with E-state index in [0.717, 1.165) is 11.1 Å². The van der Waals surface area contributed by atoms with E-state index in [4.69, 9.17) is 11.6 Å². The van der Waals surface area contributed by atoms with Crippen LogP contribution < -0.4 is 5.32 Å². The van der Waals surface area contributed by atoms with Gasteiger partial charge in [-0.2, -0.15) is 0 Å². The van der Waals surface area contributed by atoms with Crippen LogP contribution in [0.15, 0.2) is 66.0 Å². The molecule has 2 aromatic carbocycles. The Kier molecular flexibility index (Phi) is 4.49. The monoisotopic (exact) mass is 382 g/mol. The maximum Gasteiger partial charge on any atom is 0.265 e. The zero-order valence-corrected chi connectivity index (χ0v) is 15.3. The van der Waals surface area contributed by atoms with Gasteiger partial charge in [0, 0.05) is 16.3 Å². The first-order chi connectivity index (χ1) is 12.6. The number of benzene rings is 2. The number of hydrogen-bond acceptors (Lipinski definition) is 3. The summed E-state index contributed by atoms with van der Waals surface area (Å²) in [5.74, 6) is -0.395. The summed E-state index contributed by atoms with van der Waals surface area (Å²) in [7, 11) is 0. The first-order valence-electron chi connectivity index (χ1n) is 8.12. The number of carbonyl (C=O) groups excluding carboxylic acids is 2. The number of nitrogens with one attached hydrogen (secondary N) is 1. The summed E-state index contributed by atoms with van der Waals surface area (Å²) in [6.07, 6.45) is 0. The molecule has 1 aromatic heterocycles. The Morgan fingerprint density at radius 2 is 1.92 bits per heavy atom. The molecule has 2 heterocycles. The van der Waals surface area contributed by atoms with Crippen molar-refractivity contribution in [2.75, 3.05) is 11.9 Å². The van der Waals surface area contributed by atoms with Crippen LogP contribution in [0, 0.1) is 0 Å². The Bertz CT molecular complexity index is 957. The SMILES string of the molecule is O=C1CN(C(=O)c2cccs2)[C@H](c2ccccc2)c2cc(Cl)ccc2N1. The van der Waals surface area contributed by atoms with E-state index in [9.17, 15) is 9.59 Å². The lowest BCUT2D eigenvalue weighted by atomic mass is 9.95. The van der Waals surface area contributed by atoms with Crippen molar-refractivity contribution in [1.29, 1.82) is 0 Å². The highest BCUT2D eigenvalue weighted by Crippen LogP contribution is 2.38. The molecule has 1 aliphatic heterocycles. The summed E-state index contributed by atoms with van der Waals surface area (Å²) in [5.41, 5.74) is 2.41. The van der Waals surface area contributed by atoms with Crippen molar-refractivity contribution in [3.05, 3.63) is 87.1 Å². The molecule has 1 atom stereocenters. The molecule has 4 nitrogen and oxygen atoms in total. The molecule has 0 saturated carbocycles. The Hall–Kier alpha value is -2.63. The number of rotatable bonds is 2. The lowest BCUT2D eigenvalue weighted by Crippen LogP contribution is -2.38. The van der Waals surface area contributed by atoms with Gasteiger partial charge >= 0.3 is 0 Å². The van der Waals surface area contributed by atoms with Crippen molar-refractivity contribution in [3.63, 3.8) is 0 Å². The molecule has 0 fully saturated rings. The Morgan fingerprint density at radius 1 is 1.12 bits per heavy atom. The third-order valence-electron chi connectivity index (χ3n) is 4.32. The van der Waals surface area contributed by atoms with Crippen LogP contribution in [0.1, 0.15) is 26.8 Å². The van der Waals surface area contributed by atoms with E-state index in [-0.39, 0.29) is 18.4 Å². The fourth-order valence-corrected chi connectivity index (χ4v) is 4.06. The molecule has 0 radical (unpaired) electrons. The van der Waals surface area contributed by atoms with Gasteiger partial charge in [0.1, 0.15) is 6.54 Å². The molecule has 1 aliphatic rings. The number of thiophene rings is 1. The van der Waals surface area contributed by atoms with E-state index < -0.39 is 6.04 Å². The number of carbonyl (C=O) groups is 2. The average Bonchev–Trinajstić information content (AvgIpc) is 3.13. The lowest BCUT2D eigenvalue weighted by molar-refractivity contribution is -0.117. The molecule has 2 amide bonds. The van der Waals surface area contributed by atoms with E-state index in [1.807, 2.05) is 47.8 Å². The van der Waals surface area contributed by atoms with Gasteiger partial charge in [0.15, 0.2) is 0 Å². The molecular weight excluding hydrogens is 368 g/mol. The molecule has 0 spiro atoms. The van der Waals surface area contributed by atoms with E-state index in [1.54, 1.807) is 23.1 Å². The summed E-state index contributed by atoms with van der Waals surface area (Å²) in [6, 6.07) is 18.2. The van der Waals surface area contributed by atoms with Gasteiger partial charge in [-0.05, 0) is 35.2 Å². The van der Waals surface area contributed by atoms with Crippen molar-refractivity contribution >= 4 is 40.4 Å². The van der Waals surface area contributed by atoms with Crippen LogP contribution >= 0.6 is 22.9 Å². The maximum atomic E-state index is 13.2. The van der Waals surface area contributed by atoms with E-state index in [1.165, 1.54) is 11.3 Å². The van der Waals surface area contributed by atoms with Crippen LogP contribution in [0.2, 0.25) is 5.02 Å². The summed E-state index contributed by atoms with van der Waals surface area (Å²) in [6.45, 7) is -0.0252. The number of amides is 2. The van der Waals surface area contributed by atoms with Crippen molar-refractivity contribution < 1.29 is 9.59 Å². The largest absolute Gasteiger partial charge is 0.324 e. The lowest BCUT2D eigenvalue weighted by Gasteiger charge is -2.30. The summed E-state index contributed by atoms with van der Waals surface area (Å²) in [4.78, 5) is 27.8. The molecule has 6 heteroatoms. The Labute approximate surface area is 160 Å². The smallest absolute Gasteiger partial charge is 0.265 e. The van der Waals surface area contributed by atoms with Crippen molar-refractivity contribution in [1.82, 2.24) is 4.90 Å². The second-order valence-corrected chi connectivity index (χ2v) is 7.39. The van der Waals surface area contributed by atoms with Crippen molar-refractivity contribution in [2.24, 2.45) is 0 Å². The zero-order valence-electron chi connectivity index (χ0n) is 13.7. The number of anilines is 1. The zero-order chi connectivity index (χ0) is 18.1. The molecule has 0 unspecified atom stereocenters. The third kappa shape index (κ3) is 3.11. The van der Waals surface area contributed by atoms with Crippen LogP contribution in [0.4, 0.5) is 5.69 Å². The number of hydrogen-bond donors (Lipinski definition) is 1. The van der Waals surface area contributed by atoms with Gasteiger partial charge < -0.3 is 10.2 Å². The van der Waals surface area contributed by atoms with Crippen LogP contribution in [0.3, 0.4) is 0 Å². The first-order valence-corrected chi connectivity index (χ1v) is 9.38. The number of nitrogens with zero attached hydrogens (tertiary/aromatic N) is 1. The molecule has 26 heavy (non-hydrogen) atoms. The highest BCUT2D eigenvalue weighted by atomic mass is 35.5. The fourth-order valence-electron chi connectivity index (χ4n) is 3.20. The molecule has 0 saturated heterocycles. The van der Waals surface area contributed by atoms with Crippen LogP contribution in [-0.2, 0) is 4.79 Å². The van der Waals surface area contributed by atoms with Crippen LogP contribution in [-0.4, -0.2) is 23.3 Å². The van der Waals surface area contributed by atoms with Crippen molar-refractivity contribution in [2.45, 2.75) is 6.04 Å². The van der Waals surface area contributed by atoms with Crippen LogP contribution in [0.25, 0.3) is 0 Å².